The fourth-order valence-corrected chi connectivity index (χ4v) is 1.58. The minimum Gasteiger partial charge on any atom is -0.481 e. The van der Waals surface area contributed by atoms with Gasteiger partial charge < -0.3 is 35.1 Å². The maximum atomic E-state index is 11.2. The van der Waals surface area contributed by atoms with E-state index in [1.165, 1.54) is 0 Å². The molecule has 26 heavy (non-hydrogen) atoms. The summed E-state index contributed by atoms with van der Waals surface area (Å²) >= 11 is 0. The lowest BCUT2D eigenvalue weighted by molar-refractivity contribution is -0.143. The van der Waals surface area contributed by atoms with E-state index in [4.69, 9.17) is 19.7 Å². The van der Waals surface area contributed by atoms with Gasteiger partial charge in [0, 0.05) is 26.1 Å². The van der Waals surface area contributed by atoms with Gasteiger partial charge in [-0.25, -0.2) is 4.79 Å². The number of carbonyl (C=O) groups excluding carboxylic acids is 2. The van der Waals surface area contributed by atoms with Crippen molar-refractivity contribution >= 4 is 23.8 Å². The molecular weight excluding hydrogens is 352 g/mol. The standard InChI is InChI=1S/C15H26N2O9/c18-12(2-3-14(20)21)16-4-1-6-24-8-9-25-7-5-17-13(19)10-26-11-15(22)23/h1-11H2,(H,16,18)(H,17,19)(H,20,21)(H,22,23). The highest BCUT2D eigenvalue weighted by atomic mass is 16.5. The van der Waals surface area contributed by atoms with Gasteiger partial charge in [0.25, 0.3) is 0 Å². The quantitative estimate of drug-likeness (QED) is 0.223. The molecule has 0 saturated heterocycles. The molecule has 0 saturated carbocycles. The minimum absolute atomic E-state index is 0.0355. The summed E-state index contributed by atoms with van der Waals surface area (Å²) in [5, 5.41) is 21.9. The van der Waals surface area contributed by atoms with Gasteiger partial charge in [0.2, 0.25) is 11.8 Å². The zero-order chi connectivity index (χ0) is 19.6. The molecule has 0 aliphatic rings. The molecule has 0 aliphatic carbocycles. The summed E-state index contributed by atoms with van der Waals surface area (Å²) in [6.07, 6.45) is 0.382. The highest BCUT2D eigenvalue weighted by Crippen LogP contribution is 1.89. The Balaban J connectivity index is 3.26. The maximum absolute atomic E-state index is 11.2. The summed E-state index contributed by atoms with van der Waals surface area (Å²) in [4.78, 5) is 42.9. The molecule has 0 unspecified atom stereocenters. The second-order valence-corrected chi connectivity index (χ2v) is 5.06. The van der Waals surface area contributed by atoms with Crippen LogP contribution >= 0.6 is 0 Å². The lowest BCUT2D eigenvalue weighted by Crippen LogP contribution is -2.31. The van der Waals surface area contributed by atoms with Crippen molar-refractivity contribution < 1.29 is 43.6 Å². The number of amides is 2. The molecular formula is C15H26N2O9. The third-order valence-corrected chi connectivity index (χ3v) is 2.75. The van der Waals surface area contributed by atoms with Crippen LogP contribution in [0.2, 0.25) is 0 Å². The van der Waals surface area contributed by atoms with Gasteiger partial charge in [0.05, 0.1) is 26.2 Å². The Labute approximate surface area is 151 Å². The molecule has 0 rings (SSSR count). The summed E-state index contributed by atoms with van der Waals surface area (Å²) in [7, 11) is 0. The Morgan fingerprint density at radius 3 is 1.96 bits per heavy atom. The summed E-state index contributed by atoms with van der Waals surface area (Å²) in [6.45, 7) is 1.27. The molecule has 150 valence electrons. The summed E-state index contributed by atoms with van der Waals surface area (Å²) in [5.74, 6) is -2.86. The van der Waals surface area contributed by atoms with E-state index in [1.54, 1.807) is 0 Å². The molecule has 0 spiro atoms. The van der Waals surface area contributed by atoms with Crippen LogP contribution in [0.5, 0.6) is 0 Å². The molecule has 0 bridgehead atoms. The van der Waals surface area contributed by atoms with Gasteiger partial charge in [-0.15, -0.1) is 0 Å². The maximum Gasteiger partial charge on any atom is 0.329 e. The number of ether oxygens (including phenoxy) is 3. The van der Waals surface area contributed by atoms with E-state index in [2.05, 4.69) is 15.4 Å². The first kappa shape index (κ1) is 23.8. The molecule has 0 atom stereocenters. The Morgan fingerprint density at radius 1 is 0.654 bits per heavy atom. The van der Waals surface area contributed by atoms with E-state index >= 15 is 0 Å². The van der Waals surface area contributed by atoms with Crippen molar-refractivity contribution in [2.24, 2.45) is 0 Å². The van der Waals surface area contributed by atoms with Crippen LogP contribution in [0.15, 0.2) is 0 Å². The van der Waals surface area contributed by atoms with Gasteiger partial charge in [0.15, 0.2) is 0 Å². The SMILES string of the molecule is O=C(O)CCC(=O)NCCCOCCOCCNC(=O)COCC(=O)O. The van der Waals surface area contributed by atoms with E-state index in [0.29, 0.717) is 32.8 Å². The van der Waals surface area contributed by atoms with Crippen LogP contribution < -0.4 is 10.6 Å². The number of hydrogen-bond donors (Lipinski definition) is 4. The van der Waals surface area contributed by atoms with Crippen LogP contribution in [0, 0.1) is 0 Å². The number of carboxylic acid groups (broad SMARTS) is 2. The van der Waals surface area contributed by atoms with E-state index in [-0.39, 0.29) is 38.5 Å². The van der Waals surface area contributed by atoms with E-state index in [9.17, 15) is 19.2 Å². The van der Waals surface area contributed by atoms with Crippen molar-refractivity contribution in [3.05, 3.63) is 0 Å². The fraction of sp³-hybridized carbons (Fsp3) is 0.733. The first-order chi connectivity index (χ1) is 12.4. The predicted molar refractivity (Wildman–Crippen MR) is 87.6 cm³/mol. The van der Waals surface area contributed by atoms with Gasteiger partial charge in [-0.2, -0.15) is 0 Å². The molecule has 0 fully saturated rings. The minimum atomic E-state index is -1.14. The first-order valence-corrected chi connectivity index (χ1v) is 8.12. The van der Waals surface area contributed by atoms with Crippen LogP contribution in [0.1, 0.15) is 19.3 Å². The molecule has 0 heterocycles. The topological polar surface area (TPSA) is 160 Å². The molecule has 0 aromatic carbocycles. The Kier molecular flexibility index (Phi) is 14.8. The largest absolute Gasteiger partial charge is 0.481 e. The van der Waals surface area contributed by atoms with Crippen molar-refractivity contribution in [1.29, 1.82) is 0 Å². The molecule has 11 heteroatoms. The molecule has 4 N–H and O–H groups in total. The van der Waals surface area contributed by atoms with Crippen LogP contribution in [-0.4, -0.2) is 86.7 Å². The van der Waals surface area contributed by atoms with Gasteiger partial charge >= 0.3 is 11.9 Å². The molecule has 0 aromatic rings. The Morgan fingerprint density at radius 2 is 1.31 bits per heavy atom. The molecule has 0 aliphatic heterocycles. The van der Waals surface area contributed by atoms with Crippen molar-refractivity contribution in [3.8, 4) is 0 Å². The second kappa shape index (κ2) is 16.2. The Hall–Kier alpha value is -2.24. The highest BCUT2D eigenvalue weighted by molar-refractivity contribution is 5.80. The zero-order valence-electron chi connectivity index (χ0n) is 14.5. The normalized spacial score (nSPS) is 10.3. The van der Waals surface area contributed by atoms with Gasteiger partial charge in [-0.3, -0.25) is 14.4 Å². The number of rotatable bonds is 17. The van der Waals surface area contributed by atoms with Crippen LogP contribution in [0.4, 0.5) is 0 Å². The summed E-state index contributed by atoms with van der Waals surface area (Å²) in [6, 6.07) is 0. The number of aliphatic carboxylic acids is 2. The van der Waals surface area contributed by atoms with Crippen molar-refractivity contribution in [2.45, 2.75) is 19.3 Å². The van der Waals surface area contributed by atoms with Crippen LogP contribution in [0.25, 0.3) is 0 Å². The zero-order valence-corrected chi connectivity index (χ0v) is 14.5. The lowest BCUT2D eigenvalue weighted by atomic mass is 10.3. The summed E-state index contributed by atoms with van der Waals surface area (Å²) in [5.41, 5.74) is 0. The first-order valence-electron chi connectivity index (χ1n) is 8.12. The average Bonchev–Trinajstić information content (AvgIpc) is 2.57. The number of hydrogen-bond acceptors (Lipinski definition) is 7. The number of carbonyl (C=O) groups is 4. The predicted octanol–water partition coefficient (Wildman–Crippen LogP) is -1.39. The number of nitrogens with one attached hydrogen (secondary N) is 2. The molecule has 11 nitrogen and oxygen atoms in total. The molecule has 0 aromatic heterocycles. The monoisotopic (exact) mass is 378 g/mol. The van der Waals surface area contributed by atoms with Crippen LogP contribution in [0.3, 0.4) is 0 Å². The molecule has 0 radical (unpaired) electrons. The smallest absolute Gasteiger partial charge is 0.329 e. The lowest BCUT2D eigenvalue weighted by Gasteiger charge is -2.08. The fourth-order valence-electron chi connectivity index (χ4n) is 1.58. The Bertz CT molecular complexity index is 443. The third-order valence-electron chi connectivity index (χ3n) is 2.75. The third kappa shape index (κ3) is 18.1. The van der Waals surface area contributed by atoms with Crippen molar-refractivity contribution in [1.82, 2.24) is 10.6 Å². The average molecular weight is 378 g/mol. The van der Waals surface area contributed by atoms with E-state index in [0.717, 1.165) is 0 Å². The highest BCUT2D eigenvalue weighted by Gasteiger charge is 2.04. The second-order valence-electron chi connectivity index (χ2n) is 5.06. The summed E-state index contributed by atoms with van der Waals surface area (Å²) < 4.78 is 15.1. The van der Waals surface area contributed by atoms with Crippen molar-refractivity contribution in [3.63, 3.8) is 0 Å². The van der Waals surface area contributed by atoms with Gasteiger partial charge in [0.1, 0.15) is 13.2 Å². The van der Waals surface area contributed by atoms with Crippen molar-refractivity contribution in [2.75, 3.05) is 52.7 Å². The van der Waals surface area contributed by atoms with Gasteiger partial charge in [-0.05, 0) is 6.42 Å². The van der Waals surface area contributed by atoms with Crippen LogP contribution in [-0.2, 0) is 33.4 Å². The molecule has 2 amide bonds. The number of carboxylic acids is 2. The van der Waals surface area contributed by atoms with E-state index in [1.807, 2.05) is 0 Å². The van der Waals surface area contributed by atoms with Gasteiger partial charge in [-0.1, -0.05) is 0 Å². The van der Waals surface area contributed by atoms with E-state index < -0.39 is 24.5 Å².